The standard InChI is InChI=1S/2C46H30N4.C45H29N5/c1-4-14-31(15-5-1)40-30-41(32-16-6-2-7-17-32)48-46(47-40)50-43-23-13-11-21-37(43)39-27-25-34(29-45(39)50)33-24-26-38-36-20-10-12-22-42(36)49(44(38)28-33)35-18-8-3-9-19-35;1-4-14-31(15-5-1)40-30-45(48-46(47-40)32-16-6-2-7-17-32)50-42-23-13-11-21-37(42)39-27-25-34(29-44(39)50)33-24-26-38-36-20-10-12-22-41(36)49(43(38)28-33)35-18-8-3-9-19-35;1-4-14-30(15-5-1)43-46-44(31-16-6-2-7-17-31)48-45(47-43)50-40-23-13-11-21-36(40)38-27-25-33(29-42(38)50)32-24-26-37-35-20-10-12-22-39(35)49(41(37)28-32)34-18-8-3-9-19-34/h2*1-30H;1-29H. The van der Waals surface area contributed by atoms with E-state index in [0.717, 1.165) is 151 Å². The summed E-state index contributed by atoms with van der Waals surface area (Å²) in [5.74, 6) is 4.03. The summed E-state index contributed by atoms with van der Waals surface area (Å²) in [5.41, 5.74) is 32.5. The van der Waals surface area contributed by atoms with E-state index >= 15 is 0 Å². The van der Waals surface area contributed by atoms with Gasteiger partial charge in [0.1, 0.15) is 5.82 Å². The smallest absolute Gasteiger partial charge is 0.238 e. The molecule has 0 aliphatic carbocycles. The van der Waals surface area contributed by atoms with Crippen LogP contribution >= 0.6 is 0 Å². The van der Waals surface area contributed by atoms with Crippen molar-refractivity contribution in [2.24, 2.45) is 0 Å². The second-order valence-electron chi connectivity index (χ2n) is 37.9. The van der Waals surface area contributed by atoms with Crippen LogP contribution in [0.3, 0.4) is 0 Å². The van der Waals surface area contributed by atoms with Crippen LogP contribution < -0.4 is 0 Å². The fraction of sp³-hybridized carbons (Fsp3) is 0. The molecule has 21 aromatic carbocycles. The van der Waals surface area contributed by atoms with Crippen LogP contribution in [0.5, 0.6) is 0 Å². The predicted octanol–water partition coefficient (Wildman–Crippen LogP) is 34.4. The van der Waals surface area contributed by atoms with Crippen molar-refractivity contribution >= 4 is 131 Å². The minimum atomic E-state index is 0.584. The second-order valence-corrected chi connectivity index (χ2v) is 37.9. The number of benzene rings is 21. The molecule has 0 radical (unpaired) electrons. The number of nitrogens with zero attached hydrogens (tertiary/aromatic N) is 13. The van der Waals surface area contributed by atoms with E-state index in [9.17, 15) is 0 Å². The van der Waals surface area contributed by atoms with Crippen LogP contribution in [-0.4, -0.2) is 62.3 Å². The molecular weight excluding hydrogens is 1830 g/mol. The first-order valence-corrected chi connectivity index (χ1v) is 50.6. The average molecular weight is 1920 g/mol. The van der Waals surface area contributed by atoms with E-state index in [1.54, 1.807) is 0 Å². The maximum atomic E-state index is 5.23. The molecule has 9 heterocycles. The zero-order valence-corrected chi connectivity index (χ0v) is 81.2. The van der Waals surface area contributed by atoms with E-state index < -0.39 is 0 Å². The molecule has 13 nitrogen and oxygen atoms in total. The quantitative estimate of drug-likeness (QED) is 0.100. The van der Waals surface area contributed by atoms with Gasteiger partial charge in [-0.3, -0.25) is 13.7 Å². The molecule has 0 unspecified atom stereocenters. The zero-order valence-electron chi connectivity index (χ0n) is 81.2. The number of fused-ring (bicyclic) bond motifs is 18. The Kier molecular flexibility index (Phi) is 21.6. The van der Waals surface area contributed by atoms with E-state index in [1.807, 2.05) is 97.1 Å². The molecule has 0 aliphatic heterocycles. The van der Waals surface area contributed by atoms with Crippen molar-refractivity contribution in [3.8, 4) is 136 Å². The largest absolute Gasteiger partial charge is 0.309 e. The summed E-state index contributed by atoms with van der Waals surface area (Å²) in [6, 6.07) is 190. The van der Waals surface area contributed by atoms with Crippen molar-refractivity contribution in [1.82, 2.24) is 62.3 Å². The number of aromatic nitrogens is 13. The summed E-state index contributed by atoms with van der Waals surface area (Å²) in [5, 5.41) is 14.5. The van der Waals surface area contributed by atoms with Crippen molar-refractivity contribution in [3.63, 3.8) is 0 Å². The molecule has 0 fully saturated rings. The van der Waals surface area contributed by atoms with Crippen molar-refractivity contribution in [2.45, 2.75) is 0 Å². The third-order valence-electron chi connectivity index (χ3n) is 29.1. The van der Waals surface area contributed by atoms with Crippen LogP contribution in [0.25, 0.3) is 267 Å². The van der Waals surface area contributed by atoms with Gasteiger partial charge in [0.25, 0.3) is 0 Å². The Balaban J connectivity index is 0.000000108. The molecule has 0 atom stereocenters. The van der Waals surface area contributed by atoms with Gasteiger partial charge in [0, 0.05) is 121 Å². The fourth-order valence-corrected chi connectivity index (χ4v) is 22.1. The second kappa shape index (κ2) is 37.1. The van der Waals surface area contributed by atoms with Crippen LogP contribution in [0.1, 0.15) is 0 Å². The van der Waals surface area contributed by atoms with Gasteiger partial charge in [-0.1, -0.05) is 419 Å². The number of hydrogen-bond acceptors (Lipinski definition) is 7. The SMILES string of the molecule is c1ccc(-c2cc(-c3ccccc3)nc(-n3c4ccccc4c4ccc(-c5ccc6c7ccccc7n(-c7ccccc7)c6c5)cc43)n2)cc1.c1ccc(-c2cc(-n3c4ccccc4c4ccc(-c5ccc6c7ccccc7n(-c7ccccc7)c6c5)cc43)nc(-c3ccccc3)n2)cc1.c1ccc(-c2nc(-c3ccccc3)nc(-n3c4ccccc4c4ccc(-c5ccc6c7ccccc7n(-c7ccccc7)c6c5)cc43)n2)cc1. The average Bonchev–Trinajstić information content (AvgIpc) is 1.59. The van der Waals surface area contributed by atoms with Crippen molar-refractivity contribution in [1.29, 1.82) is 0 Å². The van der Waals surface area contributed by atoms with Gasteiger partial charge in [-0.25, -0.2) is 24.9 Å². The Morgan fingerprint density at radius 1 is 0.113 bits per heavy atom. The van der Waals surface area contributed by atoms with Gasteiger partial charge in [-0.15, -0.1) is 0 Å². The summed E-state index contributed by atoms with van der Waals surface area (Å²) in [6.07, 6.45) is 0. The summed E-state index contributed by atoms with van der Waals surface area (Å²) in [7, 11) is 0. The topological polar surface area (TPSA) is 120 Å². The molecule has 150 heavy (non-hydrogen) atoms. The van der Waals surface area contributed by atoms with Crippen LogP contribution in [-0.2, 0) is 0 Å². The number of hydrogen-bond donors (Lipinski definition) is 0. The summed E-state index contributed by atoms with van der Waals surface area (Å²) in [6.45, 7) is 0. The lowest BCUT2D eigenvalue weighted by Crippen LogP contribution is -2.06. The summed E-state index contributed by atoms with van der Waals surface area (Å²) < 4.78 is 13.8. The number of rotatable bonds is 15. The molecular formula is C137H89N13. The first kappa shape index (κ1) is 87.4. The number of para-hydroxylation sites is 9. The van der Waals surface area contributed by atoms with Gasteiger partial charge in [0.15, 0.2) is 17.5 Å². The Hall–Kier alpha value is -20.4. The summed E-state index contributed by atoms with van der Waals surface area (Å²) in [4.78, 5) is 36.0. The van der Waals surface area contributed by atoms with Crippen molar-refractivity contribution < 1.29 is 0 Å². The molecule has 0 bridgehead atoms. The lowest BCUT2D eigenvalue weighted by atomic mass is 10.0. The normalized spacial score (nSPS) is 11.6. The van der Waals surface area contributed by atoms with Gasteiger partial charge < -0.3 is 13.7 Å². The Labute approximate surface area is 863 Å². The third kappa shape index (κ3) is 15.5. The lowest BCUT2D eigenvalue weighted by molar-refractivity contribution is 0.953. The molecule has 0 saturated heterocycles. The maximum Gasteiger partial charge on any atom is 0.238 e. The van der Waals surface area contributed by atoms with E-state index in [1.165, 1.54) is 87.0 Å². The first-order valence-electron chi connectivity index (χ1n) is 50.6. The molecule has 0 aliphatic rings. The molecule has 30 aromatic rings. The Morgan fingerprint density at radius 2 is 0.313 bits per heavy atom. The van der Waals surface area contributed by atoms with Gasteiger partial charge in [0.05, 0.1) is 83.3 Å². The molecule has 702 valence electrons. The van der Waals surface area contributed by atoms with Crippen LogP contribution in [0, 0.1) is 0 Å². The van der Waals surface area contributed by atoms with E-state index in [-0.39, 0.29) is 0 Å². The van der Waals surface area contributed by atoms with Crippen molar-refractivity contribution in [2.75, 3.05) is 0 Å². The molecule has 30 rings (SSSR count). The highest BCUT2D eigenvalue weighted by atomic mass is 15.2. The van der Waals surface area contributed by atoms with Gasteiger partial charge >= 0.3 is 0 Å². The minimum absolute atomic E-state index is 0.584. The van der Waals surface area contributed by atoms with E-state index in [2.05, 4.69) is 470 Å². The minimum Gasteiger partial charge on any atom is -0.309 e. The Bertz CT molecular complexity index is 9320. The van der Waals surface area contributed by atoms with E-state index in [4.69, 9.17) is 34.9 Å². The fourth-order valence-electron chi connectivity index (χ4n) is 22.1. The molecule has 0 N–H and O–H groups in total. The third-order valence-corrected chi connectivity index (χ3v) is 29.1. The lowest BCUT2D eigenvalue weighted by Gasteiger charge is -2.13. The molecule has 0 amide bonds. The monoisotopic (exact) mass is 1920 g/mol. The van der Waals surface area contributed by atoms with E-state index in [0.29, 0.717) is 29.4 Å². The van der Waals surface area contributed by atoms with Gasteiger partial charge in [-0.05, 0) is 149 Å². The van der Waals surface area contributed by atoms with Crippen molar-refractivity contribution in [3.05, 3.63) is 540 Å². The zero-order chi connectivity index (χ0) is 99.1. The van der Waals surface area contributed by atoms with Gasteiger partial charge in [0.2, 0.25) is 11.9 Å². The summed E-state index contributed by atoms with van der Waals surface area (Å²) >= 11 is 0. The Morgan fingerprint density at radius 3 is 0.593 bits per heavy atom. The van der Waals surface area contributed by atoms with Crippen LogP contribution in [0.15, 0.2) is 540 Å². The molecule has 0 saturated carbocycles. The predicted molar refractivity (Wildman–Crippen MR) is 619 cm³/mol. The molecule has 13 heteroatoms. The maximum absolute atomic E-state index is 5.23. The molecule has 9 aromatic heterocycles. The van der Waals surface area contributed by atoms with Crippen LogP contribution in [0.4, 0.5) is 0 Å². The van der Waals surface area contributed by atoms with Gasteiger partial charge in [-0.2, -0.15) is 9.97 Å². The highest BCUT2D eigenvalue weighted by Gasteiger charge is 2.26. The molecule has 0 spiro atoms. The first-order chi connectivity index (χ1) is 74.4. The highest BCUT2D eigenvalue weighted by Crippen LogP contribution is 2.46. The highest BCUT2D eigenvalue weighted by molar-refractivity contribution is 6.17. The van der Waals surface area contributed by atoms with Crippen LogP contribution in [0.2, 0.25) is 0 Å².